The van der Waals surface area contributed by atoms with Crippen LogP contribution in [0.2, 0.25) is 0 Å². The Bertz CT molecular complexity index is 1170. The van der Waals surface area contributed by atoms with Gasteiger partial charge < -0.3 is 14.9 Å². The summed E-state index contributed by atoms with van der Waals surface area (Å²) in [4.78, 5) is 42.3. The first-order valence-electron chi connectivity index (χ1n) is 13.6. The van der Waals surface area contributed by atoms with Gasteiger partial charge in [0.1, 0.15) is 0 Å². The Hall–Kier alpha value is -3.29. The molecule has 2 aromatic rings. The molecule has 6 nitrogen and oxygen atoms in total. The zero-order valence-corrected chi connectivity index (χ0v) is 21.5. The number of halogens is 2. The fourth-order valence-electron chi connectivity index (χ4n) is 5.99. The molecule has 8 heteroatoms. The van der Waals surface area contributed by atoms with Crippen molar-refractivity contribution in [2.45, 2.75) is 75.7 Å². The smallest absolute Gasteiger partial charge is 0.310 e. The van der Waals surface area contributed by atoms with E-state index in [1.807, 2.05) is 24.3 Å². The molecule has 1 atom stereocenters. The third-order valence-corrected chi connectivity index (χ3v) is 8.44. The molecule has 1 N–H and O–H groups in total. The second kappa shape index (κ2) is 10.5. The number of benzene rings is 2. The zero-order chi connectivity index (χ0) is 26.9. The molecule has 1 heterocycles. The molecule has 0 bridgehead atoms. The van der Waals surface area contributed by atoms with Gasteiger partial charge in [-0.1, -0.05) is 30.3 Å². The summed E-state index contributed by atoms with van der Waals surface area (Å²) in [5.74, 6) is -3.96. The van der Waals surface area contributed by atoms with E-state index in [1.165, 1.54) is 23.3 Å². The number of piperidine rings is 1. The lowest BCUT2D eigenvalue weighted by Gasteiger charge is -2.42. The van der Waals surface area contributed by atoms with Crippen LogP contribution in [0.15, 0.2) is 54.6 Å². The van der Waals surface area contributed by atoms with Crippen LogP contribution in [0.1, 0.15) is 79.6 Å². The predicted octanol–water partition coefficient (Wildman–Crippen LogP) is 5.87. The fraction of sp³-hybridized carbons (Fsp3) is 0.500. The lowest BCUT2D eigenvalue weighted by Crippen LogP contribution is -2.51. The van der Waals surface area contributed by atoms with Crippen LogP contribution in [0.25, 0.3) is 0 Å². The molecule has 202 valence electrons. The summed E-state index contributed by atoms with van der Waals surface area (Å²) in [5.41, 5.74) is 0.959. The largest absolute Gasteiger partial charge is 0.481 e. The van der Waals surface area contributed by atoms with Gasteiger partial charge in [-0.3, -0.25) is 14.4 Å². The van der Waals surface area contributed by atoms with Crippen LogP contribution in [0.5, 0.6) is 0 Å². The van der Waals surface area contributed by atoms with E-state index in [2.05, 4.69) is 0 Å². The van der Waals surface area contributed by atoms with Crippen molar-refractivity contribution < 1.29 is 28.3 Å². The highest BCUT2D eigenvalue weighted by molar-refractivity contribution is 5.97. The lowest BCUT2D eigenvalue weighted by atomic mass is 9.75. The van der Waals surface area contributed by atoms with Crippen molar-refractivity contribution in [1.82, 2.24) is 4.90 Å². The molecular weight excluding hydrogens is 490 g/mol. The molecule has 0 radical (unpaired) electrons. The molecule has 0 spiro atoms. The average Bonchev–Trinajstić information content (AvgIpc) is 3.75. The summed E-state index contributed by atoms with van der Waals surface area (Å²) in [5, 5.41) is 10.2. The van der Waals surface area contributed by atoms with Gasteiger partial charge >= 0.3 is 5.97 Å². The number of hydrogen-bond acceptors (Lipinski definition) is 3. The van der Waals surface area contributed by atoms with Crippen molar-refractivity contribution >= 4 is 23.5 Å². The number of carboxylic acids is 1. The summed E-state index contributed by atoms with van der Waals surface area (Å²) in [6.07, 6.45) is 2.43. The van der Waals surface area contributed by atoms with Gasteiger partial charge in [0.15, 0.2) is 0 Å². The molecule has 1 unspecified atom stereocenters. The maximum Gasteiger partial charge on any atom is 0.310 e. The van der Waals surface area contributed by atoms with Gasteiger partial charge in [-0.05, 0) is 74.3 Å². The first kappa shape index (κ1) is 26.3. The van der Waals surface area contributed by atoms with E-state index in [4.69, 9.17) is 0 Å². The Morgan fingerprint density at radius 3 is 2.16 bits per heavy atom. The van der Waals surface area contributed by atoms with Gasteiger partial charge in [-0.25, -0.2) is 8.78 Å². The summed E-state index contributed by atoms with van der Waals surface area (Å²) < 4.78 is 28.6. The summed E-state index contributed by atoms with van der Waals surface area (Å²) in [6, 6.07) is 15.6. The second-order valence-electron chi connectivity index (χ2n) is 11.2. The predicted molar refractivity (Wildman–Crippen MR) is 139 cm³/mol. The molecule has 0 aromatic heterocycles. The van der Waals surface area contributed by atoms with Crippen LogP contribution in [0.4, 0.5) is 14.5 Å². The van der Waals surface area contributed by atoms with Crippen molar-refractivity contribution in [3.8, 4) is 0 Å². The molecule has 1 aliphatic heterocycles. The van der Waals surface area contributed by atoms with Crippen molar-refractivity contribution in [2.24, 2.45) is 5.41 Å². The number of alkyl halides is 2. The number of carbonyl (C=O) groups is 3. The number of para-hydroxylation sites is 1. The number of hydrogen-bond donors (Lipinski definition) is 1. The van der Waals surface area contributed by atoms with E-state index in [-0.39, 0.29) is 44.7 Å². The maximum absolute atomic E-state index is 14.3. The minimum atomic E-state index is -2.86. The van der Waals surface area contributed by atoms with E-state index < -0.39 is 35.7 Å². The molecule has 5 rings (SSSR count). The number of aliphatic carboxylic acids is 1. The van der Waals surface area contributed by atoms with Gasteiger partial charge in [0.2, 0.25) is 11.8 Å². The molecule has 2 aliphatic carbocycles. The third kappa shape index (κ3) is 5.59. The highest BCUT2D eigenvalue weighted by Crippen LogP contribution is 2.42. The molecule has 2 aromatic carbocycles. The highest BCUT2D eigenvalue weighted by Gasteiger charge is 2.47. The van der Waals surface area contributed by atoms with Gasteiger partial charge in [0.05, 0.1) is 5.41 Å². The van der Waals surface area contributed by atoms with E-state index in [0.717, 1.165) is 0 Å². The Labute approximate surface area is 221 Å². The fourth-order valence-corrected chi connectivity index (χ4v) is 5.99. The SMILES string of the molecule is O=C(c1ccc(C2CC2)cc1)N1CCC(CC(=O)N(c2ccccc2)C2CCCC(F)(F)C2)(C(=O)O)CC1. The van der Waals surface area contributed by atoms with Crippen LogP contribution in [-0.2, 0) is 9.59 Å². The number of rotatable bonds is 7. The molecular formula is C30H34F2N2O4. The molecule has 1 saturated heterocycles. The molecule has 3 aliphatic rings. The van der Waals surface area contributed by atoms with Crippen LogP contribution in [0.3, 0.4) is 0 Å². The van der Waals surface area contributed by atoms with E-state index in [0.29, 0.717) is 30.0 Å². The van der Waals surface area contributed by atoms with Gasteiger partial charge in [-0.2, -0.15) is 0 Å². The molecule has 3 fully saturated rings. The van der Waals surface area contributed by atoms with Gasteiger partial charge in [0, 0.05) is 49.6 Å². The lowest BCUT2D eigenvalue weighted by molar-refractivity contribution is -0.154. The number of carboxylic acid groups (broad SMARTS) is 1. The number of carbonyl (C=O) groups excluding carboxylic acids is 2. The van der Waals surface area contributed by atoms with E-state index >= 15 is 0 Å². The Morgan fingerprint density at radius 1 is 0.921 bits per heavy atom. The van der Waals surface area contributed by atoms with Gasteiger partial charge in [-0.15, -0.1) is 0 Å². The minimum Gasteiger partial charge on any atom is -0.481 e. The summed E-state index contributed by atoms with van der Waals surface area (Å²) >= 11 is 0. The molecule has 2 saturated carbocycles. The van der Waals surface area contributed by atoms with Crippen molar-refractivity contribution in [3.63, 3.8) is 0 Å². The van der Waals surface area contributed by atoms with E-state index in [9.17, 15) is 28.3 Å². The van der Waals surface area contributed by atoms with Crippen molar-refractivity contribution in [2.75, 3.05) is 18.0 Å². The van der Waals surface area contributed by atoms with Crippen molar-refractivity contribution in [1.29, 1.82) is 0 Å². The topological polar surface area (TPSA) is 77.9 Å². The number of likely N-dealkylation sites (tertiary alicyclic amines) is 1. The first-order chi connectivity index (χ1) is 18.2. The summed E-state index contributed by atoms with van der Waals surface area (Å²) in [7, 11) is 0. The van der Waals surface area contributed by atoms with E-state index in [1.54, 1.807) is 35.2 Å². The normalized spacial score (nSPS) is 22.5. The number of nitrogens with zero attached hydrogens (tertiary/aromatic N) is 2. The summed E-state index contributed by atoms with van der Waals surface area (Å²) in [6.45, 7) is 0.436. The first-order valence-corrected chi connectivity index (χ1v) is 13.6. The average molecular weight is 525 g/mol. The van der Waals surface area contributed by atoms with Crippen LogP contribution < -0.4 is 4.90 Å². The molecule has 2 amide bonds. The monoisotopic (exact) mass is 524 g/mol. The van der Waals surface area contributed by atoms with Crippen LogP contribution in [-0.4, -0.2) is 52.8 Å². The Balaban J connectivity index is 1.30. The quantitative estimate of drug-likeness (QED) is 0.491. The molecule has 38 heavy (non-hydrogen) atoms. The third-order valence-electron chi connectivity index (χ3n) is 8.44. The van der Waals surface area contributed by atoms with Crippen LogP contribution in [0, 0.1) is 5.41 Å². The number of anilines is 1. The second-order valence-corrected chi connectivity index (χ2v) is 11.2. The minimum absolute atomic E-state index is 0.128. The van der Waals surface area contributed by atoms with Gasteiger partial charge in [0.25, 0.3) is 5.91 Å². The number of amides is 2. The van der Waals surface area contributed by atoms with Crippen molar-refractivity contribution in [3.05, 3.63) is 65.7 Å². The Morgan fingerprint density at radius 2 is 1.58 bits per heavy atom. The standard InChI is InChI=1S/C30H34F2N2O4/c31-30(32)14-4-7-25(19-30)34(24-5-2-1-3-6-24)26(35)20-29(28(37)38)15-17-33(18-16-29)27(36)23-12-10-22(11-13-23)21-8-9-21/h1-3,5-6,10-13,21,25H,4,7-9,14-20H2,(H,37,38). The Kier molecular flexibility index (Phi) is 7.25. The highest BCUT2D eigenvalue weighted by atomic mass is 19.3. The zero-order valence-electron chi connectivity index (χ0n) is 21.5. The van der Waals surface area contributed by atoms with Crippen LogP contribution >= 0.6 is 0 Å². The maximum atomic E-state index is 14.3.